The second kappa shape index (κ2) is 7.40. The van der Waals surface area contributed by atoms with Crippen LogP contribution in [0.25, 0.3) is 0 Å². The number of hydrogen-bond donors (Lipinski definition) is 0. The van der Waals surface area contributed by atoms with Crippen LogP contribution in [0.4, 0.5) is 11.6 Å². The molecule has 3 aromatic rings. The van der Waals surface area contributed by atoms with E-state index in [4.69, 9.17) is 10.00 Å². The molecule has 0 radical (unpaired) electrons. The minimum Gasteiger partial charge on any atom is -0.469 e. The van der Waals surface area contributed by atoms with Gasteiger partial charge in [0.25, 0.3) is 11.7 Å². The van der Waals surface area contributed by atoms with Crippen molar-refractivity contribution in [1.29, 1.82) is 5.26 Å². The zero-order valence-corrected chi connectivity index (χ0v) is 15.1. The van der Waals surface area contributed by atoms with E-state index in [1.54, 1.807) is 48.5 Å². The first-order valence-corrected chi connectivity index (χ1v) is 8.74. The van der Waals surface area contributed by atoms with Crippen LogP contribution in [0.5, 0.6) is 5.75 Å². The summed E-state index contributed by atoms with van der Waals surface area (Å²) in [5.74, 6) is -0.359. The number of hydrogen-bond acceptors (Lipinski definition) is 6. The highest BCUT2D eigenvalue weighted by molar-refractivity contribution is 5.99. The first-order chi connectivity index (χ1) is 14.1. The monoisotopic (exact) mass is 386 g/mol. The molecule has 1 aliphatic heterocycles. The number of rotatable bonds is 4. The van der Waals surface area contributed by atoms with Crippen molar-refractivity contribution >= 4 is 17.5 Å². The molecule has 0 spiro atoms. The number of anilines is 1. The number of nitrogens with zero attached hydrogens (tertiary/aromatic N) is 4. The van der Waals surface area contributed by atoms with Gasteiger partial charge in [-0.2, -0.15) is 5.26 Å². The van der Waals surface area contributed by atoms with Gasteiger partial charge >= 0.3 is 5.82 Å². The summed E-state index contributed by atoms with van der Waals surface area (Å²) in [6.45, 7) is 0.137. The van der Waals surface area contributed by atoms with E-state index in [9.17, 15) is 14.9 Å². The molecule has 0 aliphatic carbocycles. The summed E-state index contributed by atoms with van der Waals surface area (Å²) in [6, 6.07) is 20.5. The summed E-state index contributed by atoms with van der Waals surface area (Å²) < 4.78 is 5.85. The fraction of sp³-hybridized carbons (Fsp3) is 0.0952. The van der Waals surface area contributed by atoms with Gasteiger partial charge in [0.15, 0.2) is 5.75 Å². The van der Waals surface area contributed by atoms with Crippen LogP contribution < -0.4 is 9.64 Å². The minimum absolute atomic E-state index is 0.0979. The third-order valence-corrected chi connectivity index (χ3v) is 4.53. The van der Waals surface area contributed by atoms with Gasteiger partial charge in [-0.05, 0) is 33.7 Å². The summed E-state index contributed by atoms with van der Waals surface area (Å²) in [5, 5.41) is 20.1. The third-order valence-electron chi connectivity index (χ3n) is 4.53. The Balaban J connectivity index is 1.77. The molecule has 0 N–H and O–H groups in total. The van der Waals surface area contributed by atoms with Crippen molar-refractivity contribution in [3.63, 3.8) is 0 Å². The quantitative estimate of drug-likeness (QED) is 0.501. The Bertz CT molecular complexity index is 1120. The maximum atomic E-state index is 13.2. The molecule has 4 rings (SSSR count). The molecule has 2 aromatic carbocycles. The second-order valence-corrected chi connectivity index (χ2v) is 6.39. The largest absolute Gasteiger partial charge is 0.469 e. The van der Waals surface area contributed by atoms with E-state index in [1.807, 2.05) is 12.1 Å². The molecule has 1 aliphatic rings. The van der Waals surface area contributed by atoms with E-state index in [1.165, 1.54) is 17.0 Å². The molecule has 1 aromatic heterocycles. The normalized spacial score (nSPS) is 15.2. The molecule has 1 unspecified atom stereocenters. The number of carbonyl (C=O) groups is 1. The van der Waals surface area contributed by atoms with Crippen molar-refractivity contribution in [2.24, 2.45) is 0 Å². The van der Waals surface area contributed by atoms with Crippen LogP contribution in [-0.2, 0) is 11.3 Å². The average molecular weight is 386 g/mol. The van der Waals surface area contributed by atoms with Crippen LogP contribution in [0.3, 0.4) is 0 Å². The number of fused-ring (bicyclic) bond motifs is 1. The molecule has 142 valence electrons. The summed E-state index contributed by atoms with van der Waals surface area (Å²) in [7, 11) is 0. The Morgan fingerprint density at radius 2 is 1.83 bits per heavy atom. The van der Waals surface area contributed by atoms with E-state index >= 15 is 0 Å². The van der Waals surface area contributed by atoms with Gasteiger partial charge in [-0.1, -0.05) is 42.5 Å². The molecule has 8 nitrogen and oxygen atoms in total. The third kappa shape index (κ3) is 3.49. The van der Waals surface area contributed by atoms with Gasteiger partial charge in [-0.25, -0.2) is 0 Å². The number of benzene rings is 2. The molecule has 0 fully saturated rings. The van der Waals surface area contributed by atoms with Crippen LogP contribution in [0.15, 0.2) is 66.7 Å². The highest BCUT2D eigenvalue weighted by Crippen LogP contribution is 2.39. The van der Waals surface area contributed by atoms with E-state index in [0.29, 0.717) is 11.1 Å². The van der Waals surface area contributed by atoms with Crippen molar-refractivity contribution in [1.82, 2.24) is 4.98 Å². The van der Waals surface area contributed by atoms with Crippen molar-refractivity contribution in [3.8, 4) is 11.8 Å². The lowest BCUT2D eigenvalue weighted by atomic mass is 10.1. The van der Waals surface area contributed by atoms with Crippen molar-refractivity contribution < 1.29 is 14.5 Å². The highest BCUT2D eigenvalue weighted by Gasteiger charge is 2.39. The summed E-state index contributed by atoms with van der Waals surface area (Å²) in [6.07, 6.45) is -0.884. The Labute approximate surface area is 165 Å². The lowest BCUT2D eigenvalue weighted by molar-refractivity contribution is -0.389. The topological polar surface area (TPSA) is 109 Å². The lowest BCUT2D eigenvalue weighted by Gasteiger charge is -2.31. The Hall–Kier alpha value is -4.25. The molecule has 1 atom stereocenters. The van der Waals surface area contributed by atoms with Gasteiger partial charge in [-0.15, -0.1) is 0 Å². The fourth-order valence-corrected chi connectivity index (χ4v) is 3.09. The number of pyridine rings is 1. The smallest absolute Gasteiger partial charge is 0.366 e. The highest BCUT2D eigenvalue weighted by atomic mass is 16.6. The van der Waals surface area contributed by atoms with Gasteiger partial charge in [0, 0.05) is 11.6 Å². The number of nitro groups is 1. The van der Waals surface area contributed by atoms with Crippen LogP contribution in [0.2, 0.25) is 0 Å². The standard InChI is InChI=1S/C21H14N4O4/c22-12-14-6-8-15(9-7-14)13-24-20-17(10-11-18(23-20)25(27)28)29-19(21(24)26)16-4-2-1-3-5-16/h1-11,19H,13H2. The summed E-state index contributed by atoms with van der Waals surface area (Å²) >= 11 is 0. The molecule has 1 amide bonds. The molecule has 8 heteroatoms. The van der Waals surface area contributed by atoms with Gasteiger partial charge in [0.05, 0.1) is 18.2 Å². The molecule has 0 bridgehead atoms. The predicted octanol–water partition coefficient (Wildman–Crippen LogP) is 3.53. The zero-order chi connectivity index (χ0) is 20.4. The lowest BCUT2D eigenvalue weighted by Crippen LogP contribution is -2.41. The van der Waals surface area contributed by atoms with Crippen molar-refractivity contribution in [2.45, 2.75) is 12.6 Å². The van der Waals surface area contributed by atoms with Crippen molar-refractivity contribution in [3.05, 3.63) is 93.5 Å². The van der Waals surface area contributed by atoms with E-state index in [-0.39, 0.29) is 29.8 Å². The van der Waals surface area contributed by atoms with Crippen LogP contribution in [-0.4, -0.2) is 15.8 Å². The van der Waals surface area contributed by atoms with Crippen LogP contribution in [0, 0.1) is 21.4 Å². The van der Waals surface area contributed by atoms with Crippen molar-refractivity contribution in [2.75, 3.05) is 4.90 Å². The first-order valence-electron chi connectivity index (χ1n) is 8.74. The number of carbonyl (C=O) groups excluding carboxylic acids is 1. The molecule has 2 heterocycles. The van der Waals surface area contributed by atoms with Gasteiger partial charge < -0.3 is 14.9 Å². The minimum atomic E-state index is -0.884. The molecule has 0 saturated carbocycles. The summed E-state index contributed by atoms with van der Waals surface area (Å²) in [5.41, 5.74) is 1.93. The first kappa shape index (κ1) is 18.1. The number of aromatic nitrogens is 1. The molecular weight excluding hydrogens is 372 g/mol. The SMILES string of the molecule is N#Cc1ccc(CN2C(=O)C(c3ccccc3)Oc3ccc([N+](=O)[O-])nc32)cc1. The number of ether oxygens (including phenoxy) is 1. The molecule has 0 saturated heterocycles. The average Bonchev–Trinajstić information content (AvgIpc) is 2.76. The zero-order valence-electron chi connectivity index (χ0n) is 15.1. The maximum absolute atomic E-state index is 13.2. The van der Waals surface area contributed by atoms with Gasteiger partial charge in [0.2, 0.25) is 6.10 Å². The van der Waals surface area contributed by atoms with E-state index in [2.05, 4.69) is 4.98 Å². The number of nitriles is 1. The molecular formula is C21H14N4O4. The Morgan fingerprint density at radius 3 is 2.48 bits per heavy atom. The molecule has 29 heavy (non-hydrogen) atoms. The van der Waals surface area contributed by atoms with E-state index in [0.717, 1.165) is 5.56 Å². The van der Waals surface area contributed by atoms with Crippen LogP contribution in [0.1, 0.15) is 22.8 Å². The van der Waals surface area contributed by atoms with E-state index < -0.39 is 11.0 Å². The number of amides is 1. The maximum Gasteiger partial charge on any atom is 0.366 e. The Kier molecular flexibility index (Phi) is 4.63. The van der Waals surface area contributed by atoms with Gasteiger partial charge in [0.1, 0.15) is 0 Å². The fourth-order valence-electron chi connectivity index (χ4n) is 3.09. The summed E-state index contributed by atoms with van der Waals surface area (Å²) in [4.78, 5) is 29.2. The van der Waals surface area contributed by atoms with Gasteiger partial charge in [-0.3, -0.25) is 9.69 Å². The Morgan fingerprint density at radius 1 is 1.10 bits per heavy atom. The predicted molar refractivity (Wildman–Crippen MR) is 103 cm³/mol. The second-order valence-electron chi connectivity index (χ2n) is 6.39. The van der Waals surface area contributed by atoms with Crippen LogP contribution >= 0.6 is 0 Å².